The van der Waals surface area contributed by atoms with Gasteiger partial charge in [-0.1, -0.05) is 15.9 Å². The van der Waals surface area contributed by atoms with E-state index in [9.17, 15) is 4.39 Å². The number of benzene rings is 1. The van der Waals surface area contributed by atoms with Crippen molar-refractivity contribution in [2.75, 3.05) is 18.1 Å². The lowest BCUT2D eigenvalue weighted by Gasteiger charge is -2.37. The minimum Gasteiger partial charge on any atom is -0.487 e. The number of hydrogen-bond acceptors (Lipinski definition) is 3. The van der Waals surface area contributed by atoms with Crippen molar-refractivity contribution in [1.82, 2.24) is 0 Å². The minimum absolute atomic E-state index is 0.0317. The number of ether oxygens (including phenoxy) is 2. The van der Waals surface area contributed by atoms with Crippen LogP contribution in [0.1, 0.15) is 19.3 Å². The van der Waals surface area contributed by atoms with Crippen LogP contribution in [0, 0.1) is 5.82 Å². The average molecular weight is 347 g/mol. The molecule has 0 bridgehead atoms. The minimum atomic E-state index is -0.301. The molecular formula is C14H16BrFO2S. The molecule has 2 fully saturated rings. The third kappa shape index (κ3) is 3.09. The van der Waals surface area contributed by atoms with Crippen LogP contribution in [-0.2, 0) is 4.74 Å². The van der Waals surface area contributed by atoms with E-state index < -0.39 is 0 Å². The highest BCUT2D eigenvalue weighted by Crippen LogP contribution is 2.39. The molecule has 2 heterocycles. The summed E-state index contributed by atoms with van der Waals surface area (Å²) in [5, 5.41) is 0. The average Bonchev–Trinajstić information content (AvgIpc) is 2.82. The Hall–Kier alpha value is -0.260. The normalized spacial score (nSPS) is 30.7. The lowest BCUT2D eigenvalue weighted by Crippen LogP contribution is -2.43. The van der Waals surface area contributed by atoms with Gasteiger partial charge in [-0.05, 0) is 30.4 Å². The third-order valence-corrected chi connectivity index (χ3v) is 5.42. The summed E-state index contributed by atoms with van der Waals surface area (Å²) in [4.78, 5) is 0. The van der Waals surface area contributed by atoms with Crippen molar-refractivity contribution in [3.63, 3.8) is 0 Å². The molecule has 2 atom stereocenters. The van der Waals surface area contributed by atoms with Crippen molar-refractivity contribution in [1.29, 1.82) is 0 Å². The maximum Gasteiger partial charge on any atom is 0.165 e. The van der Waals surface area contributed by atoms with Crippen molar-refractivity contribution in [2.45, 2.75) is 31.0 Å². The van der Waals surface area contributed by atoms with Gasteiger partial charge in [0.15, 0.2) is 11.6 Å². The predicted octanol–water partition coefficient (Wildman–Crippen LogP) is 4.02. The molecule has 19 heavy (non-hydrogen) atoms. The molecule has 104 valence electrons. The van der Waals surface area contributed by atoms with Crippen LogP contribution in [0.15, 0.2) is 22.7 Å². The molecule has 3 rings (SSSR count). The summed E-state index contributed by atoms with van der Waals surface area (Å²) in [6.07, 6.45) is 2.83. The summed E-state index contributed by atoms with van der Waals surface area (Å²) >= 11 is 5.28. The van der Waals surface area contributed by atoms with Crippen LogP contribution in [0.3, 0.4) is 0 Å². The van der Waals surface area contributed by atoms with Crippen LogP contribution in [0.5, 0.6) is 5.75 Å². The Morgan fingerprint density at radius 1 is 1.47 bits per heavy atom. The van der Waals surface area contributed by atoms with E-state index in [-0.39, 0.29) is 17.5 Å². The molecule has 2 saturated heterocycles. The SMILES string of the molecule is Fc1ccc(Br)cc1OC1CCOC2(CCSC2)C1. The van der Waals surface area contributed by atoms with Crippen LogP contribution in [0.25, 0.3) is 0 Å². The van der Waals surface area contributed by atoms with Gasteiger partial charge in [0.2, 0.25) is 0 Å². The lowest BCUT2D eigenvalue weighted by molar-refractivity contribution is -0.0964. The zero-order valence-electron chi connectivity index (χ0n) is 10.5. The smallest absolute Gasteiger partial charge is 0.165 e. The van der Waals surface area contributed by atoms with Crippen LogP contribution in [0.2, 0.25) is 0 Å². The molecule has 0 amide bonds. The highest BCUT2D eigenvalue weighted by atomic mass is 79.9. The van der Waals surface area contributed by atoms with Crippen LogP contribution in [0.4, 0.5) is 4.39 Å². The van der Waals surface area contributed by atoms with Crippen molar-refractivity contribution < 1.29 is 13.9 Å². The predicted molar refractivity (Wildman–Crippen MR) is 78.4 cm³/mol. The number of hydrogen-bond donors (Lipinski definition) is 0. The molecule has 2 aliphatic heterocycles. The van der Waals surface area contributed by atoms with Gasteiger partial charge in [-0.3, -0.25) is 0 Å². The molecule has 0 N–H and O–H groups in total. The summed E-state index contributed by atoms with van der Waals surface area (Å²) in [7, 11) is 0. The molecule has 2 nitrogen and oxygen atoms in total. The maximum atomic E-state index is 13.7. The molecule has 5 heteroatoms. The number of thioether (sulfide) groups is 1. The van der Waals surface area contributed by atoms with Crippen LogP contribution < -0.4 is 4.74 Å². The second-order valence-corrected chi connectivity index (χ2v) is 7.16. The zero-order chi connectivity index (χ0) is 13.3. The Bertz CT molecular complexity index is 463. The molecule has 0 radical (unpaired) electrons. The molecule has 1 spiro atoms. The number of halogens is 2. The Morgan fingerprint density at radius 2 is 2.37 bits per heavy atom. The van der Waals surface area contributed by atoms with Gasteiger partial charge in [-0.15, -0.1) is 0 Å². The van der Waals surface area contributed by atoms with Gasteiger partial charge in [0.1, 0.15) is 6.10 Å². The van der Waals surface area contributed by atoms with Gasteiger partial charge in [-0.2, -0.15) is 11.8 Å². The van der Waals surface area contributed by atoms with E-state index in [1.807, 2.05) is 11.8 Å². The Labute approximate surface area is 125 Å². The van der Waals surface area contributed by atoms with Crippen molar-refractivity contribution in [3.05, 3.63) is 28.5 Å². The summed E-state index contributed by atoms with van der Waals surface area (Å²) in [6, 6.07) is 4.81. The highest BCUT2D eigenvalue weighted by Gasteiger charge is 2.41. The van der Waals surface area contributed by atoms with Gasteiger partial charge in [0.05, 0.1) is 12.2 Å². The molecule has 2 aliphatic rings. The van der Waals surface area contributed by atoms with Gasteiger partial charge >= 0.3 is 0 Å². The number of rotatable bonds is 2. The fourth-order valence-corrected chi connectivity index (χ4v) is 4.41. The summed E-state index contributed by atoms with van der Waals surface area (Å²) in [5.74, 6) is 2.22. The fourth-order valence-electron chi connectivity index (χ4n) is 2.69. The van der Waals surface area contributed by atoms with E-state index in [0.29, 0.717) is 12.4 Å². The van der Waals surface area contributed by atoms with Gasteiger partial charge < -0.3 is 9.47 Å². The van der Waals surface area contributed by atoms with E-state index >= 15 is 0 Å². The standard InChI is InChI=1S/C14H16BrFO2S/c15-10-1-2-12(16)13(7-10)18-11-3-5-17-14(8-11)4-6-19-9-14/h1-2,7,11H,3-6,8-9H2. The summed E-state index contributed by atoms with van der Waals surface area (Å²) in [5.41, 5.74) is -0.0317. The van der Waals surface area contributed by atoms with Crippen molar-refractivity contribution >= 4 is 27.7 Å². The second kappa shape index (κ2) is 5.62. The molecule has 2 unspecified atom stereocenters. The highest BCUT2D eigenvalue weighted by molar-refractivity contribution is 9.10. The molecule has 1 aromatic rings. The molecule has 0 aliphatic carbocycles. The Kier molecular flexibility index (Phi) is 4.06. The quantitative estimate of drug-likeness (QED) is 0.805. The van der Waals surface area contributed by atoms with E-state index in [1.54, 1.807) is 12.1 Å². The van der Waals surface area contributed by atoms with E-state index in [4.69, 9.17) is 9.47 Å². The van der Waals surface area contributed by atoms with E-state index in [1.165, 1.54) is 6.07 Å². The first-order valence-corrected chi connectivity index (χ1v) is 8.45. The second-order valence-electron chi connectivity index (χ2n) is 5.14. The van der Waals surface area contributed by atoms with Gasteiger partial charge in [0, 0.05) is 23.1 Å². The molecule has 0 aromatic heterocycles. The Morgan fingerprint density at radius 3 is 3.16 bits per heavy atom. The third-order valence-electron chi connectivity index (χ3n) is 3.70. The molecule has 0 saturated carbocycles. The molecule has 1 aromatic carbocycles. The maximum absolute atomic E-state index is 13.7. The lowest BCUT2D eigenvalue weighted by atomic mass is 9.91. The Balaban J connectivity index is 1.70. The first-order valence-electron chi connectivity index (χ1n) is 6.50. The first-order chi connectivity index (χ1) is 9.17. The molecular weight excluding hydrogens is 331 g/mol. The van der Waals surface area contributed by atoms with Gasteiger partial charge in [0.25, 0.3) is 0 Å². The monoisotopic (exact) mass is 346 g/mol. The van der Waals surface area contributed by atoms with Crippen molar-refractivity contribution in [2.24, 2.45) is 0 Å². The largest absolute Gasteiger partial charge is 0.487 e. The summed E-state index contributed by atoms with van der Waals surface area (Å²) < 4.78 is 26.4. The van der Waals surface area contributed by atoms with E-state index in [0.717, 1.165) is 35.2 Å². The van der Waals surface area contributed by atoms with Crippen molar-refractivity contribution in [3.8, 4) is 5.75 Å². The zero-order valence-corrected chi connectivity index (χ0v) is 12.9. The van der Waals surface area contributed by atoms with E-state index in [2.05, 4.69) is 15.9 Å². The fraction of sp³-hybridized carbons (Fsp3) is 0.571. The van der Waals surface area contributed by atoms with Crippen LogP contribution in [-0.4, -0.2) is 29.8 Å². The first kappa shape index (κ1) is 13.7. The summed E-state index contributed by atoms with van der Waals surface area (Å²) in [6.45, 7) is 0.709. The topological polar surface area (TPSA) is 18.5 Å². The van der Waals surface area contributed by atoms with Gasteiger partial charge in [-0.25, -0.2) is 4.39 Å². The van der Waals surface area contributed by atoms with Crippen LogP contribution >= 0.6 is 27.7 Å².